The van der Waals surface area contributed by atoms with Crippen LogP contribution in [0.3, 0.4) is 0 Å². The largest absolute Gasteiger partial charge is 0.387 e. The molecule has 1 aliphatic rings. The summed E-state index contributed by atoms with van der Waals surface area (Å²) in [7, 11) is 1.64. The minimum Gasteiger partial charge on any atom is -0.387 e. The van der Waals surface area contributed by atoms with E-state index in [-0.39, 0.29) is 18.1 Å². The van der Waals surface area contributed by atoms with Crippen molar-refractivity contribution in [1.29, 1.82) is 0 Å². The summed E-state index contributed by atoms with van der Waals surface area (Å²) in [6, 6.07) is 0. The van der Waals surface area contributed by atoms with Gasteiger partial charge in [-0.05, 0) is 19.4 Å². The number of aliphatic hydroxyl groups excluding tert-OH is 1. The molecule has 3 heteroatoms. The topological polar surface area (TPSA) is 38.7 Å². The molecular weight excluding hydrogens is 252 g/mol. The zero-order chi connectivity index (χ0) is 15.0. The van der Waals surface area contributed by atoms with Crippen LogP contribution >= 0.6 is 0 Å². The van der Waals surface area contributed by atoms with Gasteiger partial charge in [-0.25, -0.2) is 0 Å². The Morgan fingerprint density at radius 2 is 1.85 bits per heavy atom. The van der Waals surface area contributed by atoms with Gasteiger partial charge in [0.2, 0.25) is 0 Å². The van der Waals surface area contributed by atoms with Gasteiger partial charge in [-0.15, -0.1) is 0 Å². The van der Waals surface area contributed by atoms with E-state index in [1.807, 2.05) is 63.3 Å². The molecule has 1 aliphatic heterocycles. The van der Waals surface area contributed by atoms with Crippen molar-refractivity contribution in [3.63, 3.8) is 0 Å². The molecule has 0 amide bonds. The fourth-order valence-electron chi connectivity index (χ4n) is 2.34. The second kappa shape index (κ2) is 8.90. The maximum Gasteiger partial charge on any atom is 0.110 e. The van der Waals surface area contributed by atoms with Gasteiger partial charge in [-0.3, -0.25) is 0 Å². The first kappa shape index (κ1) is 16.9. The fraction of sp³-hybridized carbons (Fsp3) is 0.529. The predicted molar refractivity (Wildman–Crippen MR) is 82.6 cm³/mol. The van der Waals surface area contributed by atoms with Crippen LogP contribution in [0.4, 0.5) is 0 Å². The van der Waals surface area contributed by atoms with Gasteiger partial charge in [0.1, 0.15) is 12.2 Å². The Kier molecular flexibility index (Phi) is 7.52. The van der Waals surface area contributed by atoms with Crippen molar-refractivity contribution in [3.8, 4) is 0 Å². The summed E-state index contributed by atoms with van der Waals surface area (Å²) in [5.74, 6) is 0.207. The lowest BCUT2D eigenvalue weighted by molar-refractivity contribution is -0.158. The molecule has 1 N–H and O–H groups in total. The highest BCUT2D eigenvalue weighted by molar-refractivity contribution is 5.21. The van der Waals surface area contributed by atoms with Crippen LogP contribution in [0.5, 0.6) is 0 Å². The summed E-state index contributed by atoms with van der Waals surface area (Å²) in [6.45, 7) is 6.58. The standard InChI is InChI=1S/C17H26O3/c1-5-6-7-8-9-10-11-13(2)17-15(18)16(19-4)14(3)12-20-17/h5-11,14-18H,12H2,1-4H3. The second-order valence-electron chi connectivity index (χ2n) is 5.13. The Morgan fingerprint density at radius 3 is 2.50 bits per heavy atom. The molecule has 0 aromatic heterocycles. The highest BCUT2D eigenvalue weighted by atomic mass is 16.5. The Morgan fingerprint density at radius 1 is 1.20 bits per heavy atom. The summed E-state index contributed by atoms with van der Waals surface area (Å²) in [5.41, 5.74) is 1.00. The molecule has 0 bridgehead atoms. The van der Waals surface area contributed by atoms with E-state index < -0.39 is 6.10 Å². The third kappa shape index (κ3) is 4.75. The molecule has 0 aromatic carbocycles. The summed E-state index contributed by atoms with van der Waals surface area (Å²) in [6.07, 6.45) is 12.7. The van der Waals surface area contributed by atoms with Gasteiger partial charge in [0.15, 0.2) is 0 Å². The van der Waals surface area contributed by atoms with Crippen LogP contribution in [0.25, 0.3) is 0 Å². The van der Waals surface area contributed by atoms with E-state index in [0.29, 0.717) is 6.61 Å². The van der Waals surface area contributed by atoms with E-state index in [1.54, 1.807) is 7.11 Å². The lowest BCUT2D eigenvalue weighted by atomic mass is 9.90. The molecule has 0 saturated carbocycles. The van der Waals surface area contributed by atoms with Crippen molar-refractivity contribution < 1.29 is 14.6 Å². The maximum absolute atomic E-state index is 10.3. The molecule has 0 aliphatic carbocycles. The average Bonchev–Trinajstić information content (AvgIpc) is 2.43. The molecule has 1 fully saturated rings. The quantitative estimate of drug-likeness (QED) is 0.786. The minimum atomic E-state index is -0.619. The summed E-state index contributed by atoms with van der Waals surface area (Å²) < 4.78 is 11.1. The molecule has 3 nitrogen and oxygen atoms in total. The fourth-order valence-corrected chi connectivity index (χ4v) is 2.34. The summed E-state index contributed by atoms with van der Waals surface area (Å²) in [5, 5.41) is 10.3. The van der Waals surface area contributed by atoms with Gasteiger partial charge in [-0.2, -0.15) is 0 Å². The third-order valence-electron chi connectivity index (χ3n) is 3.46. The lowest BCUT2D eigenvalue weighted by Gasteiger charge is -2.38. The first-order valence-electron chi connectivity index (χ1n) is 7.07. The van der Waals surface area contributed by atoms with Crippen molar-refractivity contribution in [1.82, 2.24) is 0 Å². The molecule has 4 atom stereocenters. The van der Waals surface area contributed by atoms with Crippen LogP contribution in [0.15, 0.2) is 48.1 Å². The molecule has 20 heavy (non-hydrogen) atoms. The first-order chi connectivity index (χ1) is 9.61. The smallest absolute Gasteiger partial charge is 0.110 e. The van der Waals surface area contributed by atoms with Gasteiger partial charge in [0, 0.05) is 13.0 Å². The summed E-state index contributed by atoms with van der Waals surface area (Å²) in [4.78, 5) is 0. The van der Waals surface area contributed by atoms with Gasteiger partial charge >= 0.3 is 0 Å². The van der Waals surface area contributed by atoms with Crippen LogP contribution in [0.1, 0.15) is 20.8 Å². The molecular formula is C17H26O3. The van der Waals surface area contributed by atoms with Crippen LogP contribution in [0, 0.1) is 5.92 Å². The van der Waals surface area contributed by atoms with Crippen molar-refractivity contribution in [2.24, 2.45) is 5.92 Å². The number of allylic oxidation sites excluding steroid dienone is 7. The number of hydrogen-bond acceptors (Lipinski definition) is 3. The molecule has 1 rings (SSSR count). The third-order valence-corrected chi connectivity index (χ3v) is 3.46. The monoisotopic (exact) mass is 278 g/mol. The van der Waals surface area contributed by atoms with Gasteiger partial charge in [0.05, 0.1) is 12.7 Å². The molecule has 0 aromatic rings. The lowest BCUT2D eigenvalue weighted by Crippen LogP contribution is -2.50. The number of ether oxygens (including phenoxy) is 2. The van der Waals surface area contributed by atoms with E-state index in [9.17, 15) is 5.11 Å². The molecule has 4 unspecified atom stereocenters. The van der Waals surface area contributed by atoms with E-state index >= 15 is 0 Å². The highest BCUT2D eigenvalue weighted by Gasteiger charge is 2.37. The molecule has 0 radical (unpaired) electrons. The minimum absolute atomic E-state index is 0.171. The van der Waals surface area contributed by atoms with E-state index in [1.165, 1.54) is 0 Å². The molecule has 0 spiro atoms. The zero-order valence-corrected chi connectivity index (χ0v) is 12.8. The SMILES string of the molecule is CC=CC=CC=CC=C(C)C1OCC(C)C(OC)C1O. The zero-order valence-electron chi connectivity index (χ0n) is 12.8. The van der Waals surface area contributed by atoms with Gasteiger partial charge < -0.3 is 14.6 Å². The number of aliphatic hydroxyl groups is 1. The van der Waals surface area contributed by atoms with Crippen LogP contribution < -0.4 is 0 Å². The van der Waals surface area contributed by atoms with Crippen LogP contribution in [-0.2, 0) is 9.47 Å². The van der Waals surface area contributed by atoms with Crippen molar-refractivity contribution in [3.05, 3.63) is 48.1 Å². The molecule has 112 valence electrons. The van der Waals surface area contributed by atoms with E-state index in [2.05, 4.69) is 0 Å². The van der Waals surface area contributed by atoms with Crippen molar-refractivity contribution in [2.75, 3.05) is 13.7 Å². The van der Waals surface area contributed by atoms with E-state index in [4.69, 9.17) is 9.47 Å². The van der Waals surface area contributed by atoms with Crippen LogP contribution in [0.2, 0.25) is 0 Å². The van der Waals surface area contributed by atoms with E-state index in [0.717, 1.165) is 5.57 Å². The Labute approximate surface area is 122 Å². The predicted octanol–water partition coefficient (Wildman–Crippen LogP) is 3.03. The maximum atomic E-state index is 10.3. The Bertz CT molecular complexity index is 393. The first-order valence-corrected chi connectivity index (χ1v) is 7.07. The average molecular weight is 278 g/mol. The Balaban J connectivity index is 2.64. The van der Waals surface area contributed by atoms with Crippen LogP contribution in [-0.4, -0.2) is 37.1 Å². The highest BCUT2D eigenvalue weighted by Crippen LogP contribution is 2.26. The molecule has 1 heterocycles. The number of rotatable bonds is 5. The normalized spacial score (nSPS) is 32.8. The number of hydrogen-bond donors (Lipinski definition) is 1. The van der Waals surface area contributed by atoms with Gasteiger partial charge in [-0.1, -0.05) is 49.5 Å². The Hall–Kier alpha value is -1.16. The van der Waals surface area contributed by atoms with Crippen molar-refractivity contribution in [2.45, 2.75) is 39.1 Å². The second-order valence-corrected chi connectivity index (χ2v) is 5.13. The molecule has 1 saturated heterocycles. The summed E-state index contributed by atoms with van der Waals surface area (Å²) >= 11 is 0. The number of methoxy groups -OCH3 is 1. The van der Waals surface area contributed by atoms with Crippen molar-refractivity contribution >= 4 is 0 Å². The van der Waals surface area contributed by atoms with Gasteiger partial charge in [0.25, 0.3) is 0 Å².